The summed E-state index contributed by atoms with van der Waals surface area (Å²) in [5.41, 5.74) is 0.118. The number of pyridine rings is 1. The number of rotatable bonds is 2. The number of nitrogens with zero attached hydrogens (tertiary/aromatic N) is 1. The first-order valence-corrected chi connectivity index (χ1v) is 5.97. The molecule has 2 rings (SSSR count). The van der Waals surface area contributed by atoms with Crippen LogP contribution >= 0.6 is 27.5 Å². The summed E-state index contributed by atoms with van der Waals surface area (Å²) in [5.74, 6) is -2.64. The highest BCUT2D eigenvalue weighted by molar-refractivity contribution is 9.10. The Hall–Kier alpha value is -1.33. The highest BCUT2D eigenvalue weighted by atomic mass is 79.9. The Balaban J connectivity index is 2.43. The van der Waals surface area contributed by atoms with Gasteiger partial charge in [0.15, 0.2) is 11.6 Å². The van der Waals surface area contributed by atoms with E-state index in [0.29, 0.717) is 5.02 Å². The second-order valence-corrected chi connectivity index (χ2v) is 4.74. The van der Waals surface area contributed by atoms with Gasteiger partial charge in [0.1, 0.15) is 5.69 Å². The molecule has 1 heterocycles. The van der Waals surface area contributed by atoms with Gasteiger partial charge in [0.05, 0.1) is 9.50 Å². The summed E-state index contributed by atoms with van der Waals surface area (Å²) in [5, 5.41) is 0.387. The molecule has 2 nitrogen and oxygen atoms in total. The quantitative estimate of drug-likeness (QED) is 0.614. The van der Waals surface area contributed by atoms with Crippen LogP contribution in [-0.4, -0.2) is 10.8 Å². The lowest BCUT2D eigenvalue weighted by Gasteiger charge is -2.03. The van der Waals surface area contributed by atoms with Gasteiger partial charge in [-0.05, 0) is 40.2 Å². The van der Waals surface area contributed by atoms with E-state index < -0.39 is 17.4 Å². The van der Waals surface area contributed by atoms with E-state index in [2.05, 4.69) is 20.9 Å². The van der Waals surface area contributed by atoms with Crippen molar-refractivity contribution in [1.29, 1.82) is 0 Å². The van der Waals surface area contributed by atoms with E-state index in [-0.39, 0.29) is 15.7 Å². The standard InChI is InChI=1S/C12H5BrClF2NO/c13-8-3-6(4-9(15)11(8)16)12(18)10-2-1-7(14)5-17-10/h1-5H. The number of aromatic nitrogens is 1. The van der Waals surface area contributed by atoms with Crippen LogP contribution in [0.4, 0.5) is 8.78 Å². The molecule has 92 valence electrons. The molecule has 0 saturated heterocycles. The predicted octanol–water partition coefficient (Wildman–Crippen LogP) is 4.01. The fraction of sp³-hybridized carbons (Fsp3) is 0. The van der Waals surface area contributed by atoms with Crippen molar-refractivity contribution in [2.24, 2.45) is 0 Å². The lowest BCUT2D eigenvalue weighted by molar-refractivity contribution is 0.103. The van der Waals surface area contributed by atoms with Crippen molar-refractivity contribution < 1.29 is 13.6 Å². The highest BCUT2D eigenvalue weighted by Gasteiger charge is 2.16. The predicted molar refractivity (Wildman–Crippen MR) is 66.7 cm³/mol. The van der Waals surface area contributed by atoms with Crippen molar-refractivity contribution >= 4 is 33.3 Å². The van der Waals surface area contributed by atoms with Crippen LogP contribution in [0.2, 0.25) is 5.02 Å². The number of hydrogen-bond donors (Lipinski definition) is 0. The van der Waals surface area contributed by atoms with Gasteiger partial charge in [-0.15, -0.1) is 0 Å². The minimum absolute atomic E-state index is 0.00981. The molecule has 0 amide bonds. The van der Waals surface area contributed by atoms with E-state index in [1.807, 2.05) is 0 Å². The molecule has 0 aliphatic heterocycles. The molecular formula is C12H5BrClF2NO. The zero-order chi connectivity index (χ0) is 13.3. The molecule has 1 aromatic carbocycles. The first-order valence-electron chi connectivity index (χ1n) is 4.80. The molecule has 0 unspecified atom stereocenters. The van der Waals surface area contributed by atoms with Crippen molar-refractivity contribution in [2.45, 2.75) is 0 Å². The maximum Gasteiger partial charge on any atom is 0.211 e. The van der Waals surface area contributed by atoms with E-state index in [9.17, 15) is 13.6 Å². The van der Waals surface area contributed by atoms with Gasteiger partial charge in [-0.3, -0.25) is 9.78 Å². The summed E-state index contributed by atoms with van der Waals surface area (Å²) in [6.07, 6.45) is 1.31. The molecule has 0 N–H and O–H groups in total. The maximum absolute atomic E-state index is 13.2. The molecule has 1 aromatic heterocycles. The average Bonchev–Trinajstić information content (AvgIpc) is 2.35. The molecule has 6 heteroatoms. The zero-order valence-corrected chi connectivity index (χ0v) is 11.1. The SMILES string of the molecule is O=C(c1cc(F)c(F)c(Br)c1)c1ccc(Cl)cn1. The maximum atomic E-state index is 13.2. The van der Waals surface area contributed by atoms with Gasteiger partial charge in [0, 0.05) is 11.8 Å². The van der Waals surface area contributed by atoms with Crippen LogP contribution < -0.4 is 0 Å². The van der Waals surface area contributed by atoms with Crippen LogP contribution in [-0.2, 0) is 0 Å². The van der Waals surface area contributed by atoms with Crippen molar-refractivity contribution in [3.8, 4) is 0 Å². The molecule has 18 heavy (non-hydrogen) atoms. The molecular weight excluding hydrogens is 327 g/mol. The molecule has 2 aromatic rings. The van der Waals surface area contributed by atoms with E-state index >= 15 is 0 Å². The van der Waals surface area contributed by atoms with Crippen LogP contribution in [0.15, 0.2) is 34.9 Å². The summed E-state index contributed by atoms with van der Waals surface area (Å²) in [4.78, 5) is 15.8. The van der Waals surface area contributed by atoms with Gasteiger partial charge in [-0.1, -0.05) is 11.6 Å². The van der Waals surface area contributed by atoms with Gasteiger partial charge in [0.2, 0.25) is 5.78 Å². The molecule has 0 spiro atoms. The highest BCUT2D eigenvalue weighted by Crippen LogP contribution is 2.22. The smallest absolute Gasteiger partial charge is 0.211 e. The van der Waals surface area contributed by atoms with Gasteiger partial charge in [0.25, 0.3) is 0 Å². The summed E-state index contributed by atoms with van der Waals surface area (Å²) >= 11 is 8.48. The van der Waals surface area contributed by atoms with Crippen LogP contribution in [0, 0.1) is 11.6 Å². The number of benzene rings is 1. The Morgan fingerprint density at radius 3 is 2.56 bits per heavy atom. The van der Waals surface area contributed by atoms with Gasteiger partial charge < -0.3 is 0 Å². The first kappa shape index (κ1) is 13.1. The van der Waals surface area contributed by atoms with Crippen LogP contribution in [0.3, 0.4) is 0 Å². The van der Waals surface area contributed by atoms with Crippen molar-refractivity contribution in [3.05, 3.63) is 62.8 Å². The lowest BCUT2D eigenvalue weighted by Crippen LogP contribution is -2.05. The third-order valence-electron chi connectivity index (χ3n) is 2.21. The van der Waals surface area contributed by atoms with E-state index in [1.165, 1.54) is 24.4 Å². The summed E-state index contributed by atoms with van der Waals surface area (Å²) < 4.78 is 26.1. The number of carbonyl (C=O) groups is 1. The number of carbonyl (C=O) groups excluding carboxylic acids is 1. The minimum Gasteiger partial charge on any atom is -0.287 e. The number of halogens is 4. The fourth-order valence-corrected chi connectivity index (χ4v) is 1.89. The Morgan fingerprint density at radius 2 is 2.00 bits per heavy atom. The lowest BCUT2D eigenvalue weighted by atomic mass is 10.1. The second-order valence-electron chi connectivity index (χ2n) is 3.44. The molecule has 0 aliphatic rings. The monoisotopic (exact) mass is 331 g/mol. The van der Waals surface area contributed by atoms with Crippen LogP contribution in [0.25, 0.3) is 0 Å². The Bertz CT molecular complexity index is 593. The Labute approximate surface area is 115 Å². The third-order valence-corrected chi connectivity index (χ3v) is 3.01. The van der Waals surface area contributed by atoms with Gasteiger partial charge in [-0.2, -0.15) is 0 Å². The molecule has 0 aliphatic carbocycles. The van der Waals surface area contributed by atoms with E-state index in [4.69, 9.17) is 11.6 Å². The van der Waals surface area contributed by atoms with Crippen molar-refractivity contribution in [3.63, 3.8) is 0 Å². The zero-order valence-electron chi connectivity index (χ0n) is 8.75. The Morgan fingerprint density at radius 1 is 1.28 bits per heavy atom. The Kier molecular flexibility index (Phi) is 3.73. The van der Waals surface area contributed by atoms with Crippen molar-refractivity contribution in [2.75, 3.05) is 0 Å². The molecule has 0 atom stereocenters. The minimum atomic E-state index is -1.10. The van der Waals surface area contributed by atoms with Gasteiger partial charge >= 0.3 is 0 Å². The van der Waals surface area contributed by atoms with Crippen molar-refractivity contribution in [1.82, 2.24) is 4.98 Å². The van der Waals surface area contributed by atoms with Gasteiger partial charge in [-0.25, -0.2) is 8.78 Å². The summed E-state index contributed by atoms with van der Waals surface area (Å²) in [6.45, 7) is 0. The van der Waals surface area contributed by atoms with Crippen LogP contribution in [0.5, 0.6) is 0 Å². The topological polar surface area (TPSA) is 30.0 Å². The third kappa shape index (κ3) is 2.57. The average molecular weight is 333 g/mol. The normalized spacial score (nSPS) is 10.4. The first-order chi connectivity index (χ1) is 8.49. The fourth-order valence-electron chi connectivity index (χ4n) is 1.34. The number of ketones is 1. The number of hydrogen-bond acceptors (Lipinski definition) is 2. The molecule has 0 saturated carbocycles. The van der Waals surface area contributed by atoms with E-state index in [0.717, 1.165) is 6.07 Å². The second kappa shape index (κ2) is 5.12. The molecule has 0 radical (unpaired) electrons. The molecule has 0 fully saturated rings. The summed E-state index contributed by atoms with van der Waals surface area (Å²) in [7, 11) is 0. The largest absolute Gasteiger partial charge is 0.287 e. The molecule has 0 bridgehead atoms. The summed E-state index contributed by atoms with van der Waals surface area (Å²) in [6, 6.07) is 4.95. The van der Waals surface area contributed by atoms with Crippen LogP contribution in [0.1, 0.15) is 16.1 Å². The van der Waals surface area contributed by atoms with E-state index in [1.54, 1.807) is 0 Å².